The Bertz CT molecular complexity index is 442. The molecule has 0 spiro atoms. The maximum atomic E-state index is 13.3. The first-order chi connectivity index (χ1) is 8.54. The minimum Gasteiger partial charge on any atom is -0.233 e. The predicted molar refractivity (Wildman–Crippen MR) is 50.4 cm³/mol. The zero-order valence-corrected chi connectivity index (χ0v) is 10.6. The molecule has 19 heavy (non-hydrogen) atoms. The molecule has 0 aromatic heterocycles. The van der Waals surface area contributed by atoms with Crippen molar-refractivity contribution in [2.75, 3.05) is 27.2 Å². The Kier molecular flexibility index (Phi) is 6.04. The maximum Gasteiger partial charge on any atom is 0.473 e. The number of hydrogen-bond donors (Lipinski definition) is 0. The topological polar surface area (TPSA) is 74.8 Å². The average molecular weight is 338 g/mol. The molecule has 0 fully saturated rings. The second-order valence-corrected chi connectivity index (χ2v) is 7.07. The highest BCUT2D eigenvalue weighted by Crippen LogP contribution is 2.34. The molecule has 0 N–H and O–H groups in total. The van der Waals surface area contributed by atoms with Crippen LogP contribution in [-0.2, 0) is 20.0 Å². The molecule has 0 atom stereocenters. The molecule has 0 aromatic rings. The van der Waals surface area contributed by atoms with Gasteiger partial charge in [0.25, 0.3) is 0 Å². The lowest BCUT2D eigenvalue weighted by atomic mass is 11.2. The molecular formula is C5H8F6N2O4S2. The van der Waals surface area contributed by atoms with Crippen molar-refractivity contribution in [3.63, 3.8) is 0 Å². The van der Waals surface area contributed by atoms with Gasteiger partial charge in [-0.15, -0.1) is 8.61 Å². The Balaban J connectivity index is 5.86. The molecule has 0 saturated heterocycles. The van der Waals surface area contributed by atoms with Crippen LogP contribution in [0.15, 0.2) is 0 Å². The Morgan fingerprint density at radius 3 is 1.05 bits per heavy atom. The second kappa shape index (κ2) is 6.23. The lowest BCUT2D eigenvalue weighted by Gasteiger charge is -2.25. The molecule has 0 unspecified atom stereocenters. The number of hydrogen-bond acceptors (Lipinski definition) is 4. The summed E-state index contributed by atoms with van der Waals surface area (Å²) in [6, 6.07) is 0. The monoisotopic (exact) mass is 338 g/mol. The zero-order chi connectivity index (χ0) is 15.5. The van der Waals surface area contributed by atoms with Gasteiger partial charge in [-0.3, -0.25) is 0 Å². The molecule has 0 rings (SSSR count). The van der Waals surface area contributed by atoms with E-state index >= 15 is 0 Å². The van der Waals surface area contributed by atoms with Crippen LogP contribution >= 0.6 is 0 Å². The van der Waals surface area contributed by atoms with E-state index in [4.69, 9.17) is 0 Å². The average Bonchev–Trinajstić information content (AvgIpc) is 2.30. The van der Waals surface area contributed by atoms with Crippen molar-refractivity contribution >= 4 is 20.0 Å². The minimum atomic E-state index is -6.34. The fourth-order valence-electron chi connectivity index (χ4n) is 0.755. The summed E-state index contributed by atoms with van der Waals surface area (Å²) in [6.07, 6.45) is 0. The maximum absolute atomic E-state index is 13.3. The van der Waals surface area contributed by atoms with Crippen LogP contribution < -0.4 is 0 Å². The first-order valence-corrected chi connectivity index (χ1v) is 7.03. The Hall–Kier alpha value is -0.600. The van der Waals surface area contributed by atoms with Gasteiger partial charge in [-0.05, 0) is 0 Å². The van der Waals surface area contributed by atoms with Crippen molar-refractivity contribution in [2.24, 2.45) is 0 Å². The SMILES string of the molecule is O=S(=O)(N(CF)CF)C(F)(F)S(=O)(=O)N(CF)CF. The lowest BCUT2D eigenvalue weighted by Crippen LogP contribution is -2.52. The number of alkyl halides is 6. The quantitative estimate of drug-likeness (QED) is 0.477. The molecule has 0 aliphatic carbocycles. The fourth-order valence-corrected chi connectivity index (χ4v) is 3.57. The Morgan fingerprint density at radius 2 is 0.895 bits per heavy atom. The van der Waals surface area contributed by atoms with Crippen LogP contribution in [0.5, 0.6) is 0 Å². The summed E-state index contributed by atoms with van der Waals surface area (Å²) in [4.78, 5) is 0. The summed E-state index contributed by atoms with van der Waals surface area (Å²) in [7, 11) is -12.7. The van der Waals surface area contributed by atoms with Crippen LogP contribution in [0.1, 0.15) is 0 Å². The highest BCUT2D eigenvalue weighted by Gasteiger charge is 2.62. The van der Waals surface area contributed by atoms with Crippen molar-refractivity contribution in [3.8, 4) is 0 Å². The van der Waals surface area contributed by atoms with Crippen molar-refractivity contribution in [2.45, 2.75) is 4.59 Å². The van der Waals surface area contributed by atoms with Crippen LogP contribution in [0.25, 0.3) is 0 Å². The molecule has 0 aromatic carbocycles. The fraction of sp³-hybridized carbons (Fsp3) is 1.00. The number of rotatable bonds is 8. The summed E-state index contributed by atoms with van der Waals surface area (Å²) < 4.78 is 111. The predicted octanol–water partition coefficient (Wildman–Crippen LogP) is 0.508. The van der Waals surface area contributed by atoms with E-state index in [0.717, 1.165) is 0 Å². The molecule has 0 radical (unpaired) electrons. The van der Waals surface area contributed by atoms with Crippen LogP contribution in [0, 0.1) is 0 Å². The summed E-state index contributed by atoms with van der Waals surface area (Å²) in [6.45, 7) is -9.13. The molecule has 0 heterocycles. The lowest BCUT2D eigenvalue weighted by molar-refractivity contribution is 0.128. The highest BCUT2D eigenvalue weighted by molar-refractivity contribution is 8.07. The summed E-state index contributed by atoms with van der Waals surface area (Å²) in [5.74, 6) is 0. The van der Waals surface area contributed by atoms with Crippen LogP contribution in [-0.4, -0.2) is 57.2 Å². The molecule has 0 saturated carbocycles. The van der Waals surface area contributed by atoms with Gasteiger partial charge in [-0.1, -0.05) is 0 Å². The Labute approximate surface area is 104 Å². The van der Waals surface area contributed by atoms with E-state index in [9.17, 15) is 43.2 Å². The van der Waals surface area contributed by atoms with E-state index < -0.39 is 60.4 Å². The van der Waals surface area contributed by atoms with Gasteiger partial charge in [0.2, 0.25) is 0 Å². The van der Waals surface area contributed by atoms with Crippen molar-refractivity contribution < 1.29 is 43.2 Å². The van der Waals surface area contributed by atoms with Gasteiger partial charge < -0.3 is 0 Å². The van der Waals surface area contributed by atoms with E-state index in [0.29, 0.717) is 0 Å². The van der Waals surface area contributed by atoms with Crippen LogP contribution in [0.3, 0.4) is 0 Å². The summed E-state index contributed by atoms with van der Waals surface area (Å²) in [5.41, 5.74) is 0. The molecular weight excluding hydrogens is 330 g/mol. The third-order valence-corrected chi connectivity index (χ3v) is 6.03. The van der Waals surface area contributed by atoms with Crippen molar-refractivity contribution in [1.29, 1.82) is 0 Å². The number of sulfonamides is 2. The van der Waals surface area contributed by atoms with Gasteiger partial charge in [0, 0.05) is 0 Å². The van der Waals surface area contributed by atoms with Gasteiger partial charge in [-0.2, -0.15) is 8.78 Å². The third kappa shape index (κ3) is 2.95. The smallest absolute Gasteiger partial charge is 0.233 e. The van der Waals surface area contributed by atoms with E-state index in [-0.39, 0.29) is 0 Å². The molecule has 14 heteroatoms. The second-order valence-electron chi connectivity index (χ2n) is 2.86. The first-order valence-electron chi connectivity index (χ1n) is 4.15. The molecule has 0 amide bonds. The summed E-state index contributed by atoms with van der Waals surface area (Å²) >= 11 is 0. The van der Waals surface area contributed by atoms with Gasteiger partial charge in [0.15, 0.2) is 27.2 Å². The van der Waals surface area contributed by atoms with Gasteiger partial charge in [-0.25, -0.2) is 34.4 Å². The summed E-state index contributed by atoms with van der Waals surface area (Å²) in [5, 5.41) is 0. The van der Waals surface area contributed by atoms with Crippen LogP contribution in [0.4, 0.5) is 26.3 Å². The standard InChI is InChI=1S/C5H8F6N2O4S2/c6-1-12(2-7)18(14,15)5(10,11)19(16,17)13(3-8)4-9/h1-4H2. The van der Waals surface area contributed by atoms with Crippen molar-refractivity contribution in [3.05, 3.63) is 0 Å². The first kappa shape index (κ1) is 18.4. The largest absolute Gasteiger partial charge is 0.473 e. The zero-order valence-electron chi connectivity index (χ0n) is 8.94. The molecule has 0 aliphatic heterocycles. The molecule has 0 bridgehead atoms. The van der Waals surface area contributed by atoms with E-state index in [1.807, 2.05) is 0 Å². The molecule has 116 valence electrons. The van der Waals surface area contributed by atoms with Gasteiger partial charge >= 0.3 is 24.6 Å². The number of nitrogens with zero attached hydrogens (tertiary/aromatic N) is 2. The van der Waals surface area contributed by atoms with E-state index in [1.165, 1.54) is 0 Å². The third-order valence-electron chi connectivity index (χ3n) is 1.81. The number of halogens is 6. The Morgan fingerprint density at radius 1 is 0.684 bits per heavy atom. The molecule has 6 nitrogen and oxygen atoms in total. The minimum absolute atomic E-state index is 1.14. The normalized spacial score (nSPS) is 14.3. The van der Waals surface area contributed by atoms with E-state index in [2.05, 4.69) is 0 Å². The van der Waals surface area contributed by atoms with E-state index in [1.54, 1.807) is 0 Å². The molecule has 0 aliphatic rings. The van der Waals surface area contributed by atoms with Crippen LogP contribution in [0.2, 0.25) is 0 Å². The van der Waals surface area contributed by atoms with Crippen molar-refractivity contribution in [1.82, 2.24) is 8.61 Å². The van der Waals surface area contributed by atoms with Gasteiger partial charge in [0.1, 0.15) is 0 Å². The highest BCUT2D eigenvalue weighted by atomic mass is 32.3. The van der Waals surface area contributed by atoms with Gasteiger partial charge in [0.05, 0.1) is 0 Å².